The molecule has 0 amide bonds. The van der Waals surface area contributed by atoms with Crippen molar-refractivity contribution in [1.29, 1.82) is 0 Å². The number of ether oxygens (including phenoxy) is 1. The lowest BCUT2D eigenvalue weighted by molar-refractivity contribution is 0.111. The fraction of sp³-hybridized carbons (Fsp3) is 0.375. The molecule has 2 aromatic carbocycles. The fourth-order valence-electron chi connectivity index (χ4n) is 2.26. The number of benzene rings is 2. The maximum absolute atomic E-state index is 10.1. The van der Waals surface area contributed by atoms with Gasteiger partial charge in [-0.25, -0.2) is 0 Å². The SMILES string of the molecule is COCC(C)N(C)Cc1c(O)ccc2ccccc12. The van der Waals surface area contributed by atoms with Crippen LogP contribution in [0.2, 0.25) is 0 Å². The quantitative estimate of drug-likeness (QED) is 0.896. The Kier molecular flexibility index (Phi) is 4.40. The van der Waals surface area contributed by atoms with E-state index < -0.39 is 0 Å². The van der Waals surface area contributed by atoms with Gasteiger partial charge in [-0.1, -0.05) is 30.3 Å². The molecule has 0 spiro atoms. The number of likely N-dealkylation sites (N-methyl/N-ethyl adjacent to an activating group) is 1. The van der Waals surface area contributed by atoms with E-state index in [2.05, 4.69) is 24.0 Å². The zero-order chi connectivity index (χ0) is 13.8. The van der Waals surface area contributed by atoms with Crippen molar-refractivity contribution in [2.24, 2.45) is 0 Å². The second kappa shape index (κ2) is 6.04. The third-order valence-corrected chi connectivity index (χ3v) is 3.58. The van der Waals surface area contributed by atoms with Gasteiger partial charge in [-0.15, -0.1) is 0 Å². The highest BCUT2D eigenvalue weighted by atomic mass is 16.5. The molecule has 0 aliphatic carbocycles. The minimum atomic E-state index is 0.309. The minimum Gasteiger partial charge on any atom is -0.508 e. The fourth-order valence-corrected chi connectivity index (χ4v) is 2.26. The standard InChI is InChI=1S/C16H21NO2/c1-12(11-19-3)17(2)10-15-14-7-5-4-6-13(14)8-9-16(15)18/h4-9,12,18H,10-11H2,1-3H3. The average Bonchev–Trinajstić information content (AvgIpc) is 2.42. The van der Waals surface area contributed by atoms with Gasteiger partial charge in [0.05, 0.1) is 6.61 Å². The van der Waals surface area contributed by atoms with Crippen LogP contribution in [-0.4, -0.2) is 36.8 Å². The van der Waals surface area contributed by atoms with Gasteiger partial charge in [0.15, 0.2) is 0 Å². The molecule has 1 unspecified atom stereocenters. The highest BCUT2D eigenvalue weighted by molar-refractivity contribution is 5.87. The average molecular weight is 259 g/mol. The summed E-state index contributed by atoms with van der Waals surface area (Å²) in [5, 5.41) is 12.4. The van der Waals surface area contributed by atoms with Gasteiger partial charge in [0.2, 0.25) is 0 Å². The van der Waals surface area contributed by atoms with Crippen molar-refractivity contribution in [3.8, 4) is 5.75 Å². The number of phenolic OH excluding ortho intramolecular Hbond substituents is 1. The third kappa shape index (κ3) is 3.06. The van der Waals surface area contributed by atoms with Crippen molar-refractivity contribution in [2.75, 3.05) is 20.8 Å². The Hall–Kier alpha value is -1.58. The number of aromatic hydroxyl groups is 1. The van der Waals surface area contributed by atoms with Crippen molar-refractivity contribution >= 4 is 10.8 Å². The van der Waals surface area contributed by atoms with Gasteiger partial charge in [-0.3, -0.25) is 4.90 Å². The summed E-state index contributed by atoms with van der Waals surface area (Å²) in [6.07, 6.45) is 0. The number of hydrogen-bond acceptors (Lipinski definition) is 3. The number of hydrogen-bond donors (Lipinski definition) is 1. The number of phenols is 1. The third-order valence-electron chi connectivity index (χ3n) is 3.58. The molecule has 0 heterocycles. The van der Waals surface area contributed by atoms with E-state index in [4.69, 9.17) is 4.74 Å². The van der Waals surface area contributed by atoms with E-state index in [0.29, 0.717) is 24.9 Å². The first-order chi connectivity index (χ1) is 9.13. The minimum absolute atomic E-state index is 0.309. The molecule has 0 saturated heterocycles. The smallest absolute Gasteiger partial charge is 0.120 e. The predicted molar refractivity (Wildman–Crippen MR) is 78.4 cm³/mol. The van der Waals surface area contributed by atoms with Crippen LogP contribution in [0.25, 0.3) is 10.8 Å². The summed E-state index contributed by atoms with van der Waals surface area (Å²) in [4.78, 5) is 2.19. The maximum Gasteiger partial charge on any atom is 0.120 e. The van der Waals surface area contributed by atoms with Gasteiger partial charge in [0.1, 0.15) is 5.75 Å². The molecule has 0 saturated carbocycles. The Balaban J connectivity index is 2.31. The molecular weight excluding hydrogens is 238 g/mol. The zero-order valence-corrected chi connectivity index (χ0v) is 11.8. The zero-order valence-electron chi connectivity index (χ0n) is 11.8. The van der Waals surface area contributed by atoms with Gasteiger partial charge in [-0.05, 0) is 30.8 Å². The van der Waals surface area contributed by atoms with Crippen LogP contribution in [0.15, 0.2) is 36.4 Å². The van der Waals surface area contributed by atoms with E-state index in [9.17, 15) is 5.11 Å². The van der Waals surface area contributed by atoms with Crippen molar-refractivity contribution in [2.45, 2.75) is 19.5 Å². The molecular formula is C16H21NO2. The van der Waals surface area contributed by atoms with E-state index in [-0.39, 0.29) is 0 Å². The molecule has 0 radical (unpaired) electrons. The first-order valence-electron chi connectivity index (χ1n) is 6.52. The number of rotatable bonds is 5. The Labute approximate surface area is 114 Å². The molecule has 0 aliphatic rings. The predicted octanol–water partition coefficient (Wildman–Crippen LogP) is 3.01. The first-order valence-corrected chi connectivity index (χ1v) is 6.52. The monoisotopic (exact) mass is 259 g/mol. The number of methoxy groups -OCH3 is 1. The van der Waals surface area contributed by atoms with E-state index in [1.165, 1.54) is 0 Å². The molecule has 102 valence electrons. The molecule has 0 fully saturated rings. The van der Waals surface area contributed by atoms with E-state index in [0.717, 1.165) is 16.3 Å². The normalized spacial score (nSPS) is 13.1. The lowest BCUT2D eigenvalue weighted by atomic mass is 10.0. The molecule has 1 N–H and O–H groups in total. The van der Waals surface area contributed by atoms with Gasteiger partial charge in [0.25, 0.3) is 0 Å². The number of fused-ring (bicyclic) bond motifs is 1. The molecule has 3 heteroatoms. The molecule has 19 heavy (non-hydrogen) atoms. The second-order valence-corrected chi connectivity index (χ2v) is 5.00. The van der Waals surface area contributed by atoms with Crippen LogP contribution >= 0.6 is 0 Å². The summed E-state index contributed by atoms with van der Waals surface area (Å²) in [5.74, 6) is 0.357. The Morgan fingerprint density at radius 2 is 1.95 bits per heavy atom. The topological polar surface area (TPSA) is 32.7 Å². The highest BCUT2D eigenvalue weighted by Crippen LogP contribution is 2.28. The molecule has 1 atom stereocenters. The molecule has 0 aromatic heterocycles. The van der Waals surface area contributed by atoms with Gasteiger partial charge < -0.3 is 9.84 Å². The van der Waals surface area contributed by atoms with Gasteiger partial charge >= 0.3 is 0 Å². The van der Waals surface area contributed by atoms with E-state index >= 15 is 0 Å². The highest BCUT2D eigenvalue weighted by Gasteiger charge is 2.13. The van der Waals surface area contributed by atoms with Crippen LogP contribution in [0.3, 0.4) is 0 Å². The van der Waals surface area contributed by atoms with Crippen molar-refractivity contribution in [1.82, 2.24) is 4.90 Å². The van der Waals surface area contributed by atoms with Crippen LogP contribution in [-0.2, 0) is 11.3 Å². The summed E-state index contributed by atoms with van der Waals surface area (Å²) in [5.41, 5.74) is 0.976. The van der Waals surface area contributed by atoms with Crippen molar-refractivity contribution in [3.05, 3.63) is 42.0 Å². The summed E-state index contributed by atoms with van der Waals surface area (Å²) >= 11 is 0. The molecule has 2 rings (SSSR count). The van der Waals surface area contributed by atoms with Crippen LogP contribution in [0.1, 0.15) is 12.5 Å². The van der Waals surface area contributed by atoms with Crippen LogP contribution in [0.4, 0.5) is 0 Å². The summed E-state index contributed by atoms with van der Waals surface area (Å²) in [6.45, 7) is 3.51. The number of nitrogens with zero attached hydrogens (tertiary/aromatic N) is 1. The van der Waals surface area contributed by atoms with Crippen molar-refractivity contribution in [3.63, 3.8) is 0 Å². The summed E-state index contributed by atoms with van der Waals surface area (Å²) in [7, 11) is 3.75. The Bertz CT molecular complexity index is 553. The molecule has 3 nitrogen and oxygen atoms in total. The molecule has 0 bridgehead atoms. The van der Waals surface area contributed by atoms with Gasteiger partial charge in [0, 0.05) is 25.3 Å². The van der Waals surface area contributed by atoms with Crippen LogP contribution < -0.4 is 0 Å². The Morgan fingerprint density at radius 1 is 1.21 bits per heavy atom. The van der Waals surface area contributed by atoms with E-state index in [1.54, 1.807) is 13.2 Å². The largest absolute Gasteiger partial charge is 0.508 e. The van der Waals surface area contributed by atoms with Crippen LogP contribution in [0.5, 0.6) is 5.75 Å². The Morgan fingerprint density at radius 3 is 2.68 bits per heavy atom. The second-order valence-electron chi connectivity index (χ2n) is 5.00. The lowest BCUT2D eigenvalue weighted by Gasteiger charge is -2.25. The molecule has 0 aliphatic heterocycles. The van der Waals surface area contributed by atoms with E-state index in [1.807, 2.05) is 25.2 Å². The van der Waals surface area contributed by atoms with Gasteiger partial charge in [-0.2, -0.15) is 0 Å². The first kappa shape index (κ1) is 13.8. The molecule has 2 aromatic rings. The maximum atomic E-state index is 10.1. The van der Waals surface area contributed by atoms with Crippen molar-refractivity contribution < 1.29 is 9.84 Å². The lowest BCUT2D eigenvalue weighted by Crippen LogP contribution is -2.32. The summed E-state index contributed by atoms with van der Waals surface area (Å²) in [6, 6.07) is 12.2. The van der Waals surface area contributed by atoms with Crippen LogP contribution in [0, 0.1) is 0 Å². The summed E-state index contributed by atoms with van der Waals surface area (Å²) < 4.78 is 5.18.